The van der Waals surface area contributed by atoms with Gasteiger partial charge in [0.15, 0.2) is 0 Å². The molecule has 88 valence electrons. The Morgan fingerprint density at radius 1 is 1.24 bits per heavy atom. The second-order valence-corrected chi connectivity index (χ2v) is 3.61. The lowest BCUT2D eigenvalue weighted by molar-refractivity contribution is 0.191. The number of benzene rings is 1. The summed E-state index contributed by atoms with van der Waals surface area (Å²) >= 11 is 0. The first-order chi connectivity index (χ1) is 8.25. The standard InChI is InChI=1S/C12H14N4O/c13-11-6-7-14-12(16-11)15-8-10(17)9-4-2-1-3-5-9/h1-7,10,17H,8H2,(H3,13,14,15,16). The lowest BCUT2D eigenvalue weighted by atomic mass is 10.1. The molecule has 1 aromatic heterocycles. The molecule has 1 aromatic carbocycles. The second kappa shape index (κ2) is 5.27. The molecule has 2 rings (SSSR count). The zero-order valence-electron chi connectivity index (χ0n) is 9.24. The number of hydrogen-bond donors (Lipinski definition) is 3. The number of nitrogen functional groups attached to an aromatic ring is 1. The smallest absolute Gasteiger partial charge is 0.224 e. The van der Waals surface area contributed by atoms with E-state index < -0.39 is 6.10 Å². The van der Waals surface area contributed by atoms with E-state index in [1.54, 1.807) is 12.3 Å². The lowest BCUT2D eigenvalue weighted by Crippen LogP contribution is -2.14. The highest BCUT2D eigenvalue weighted by molar-refractivity contribution is 5.35. The number of nitrogens with zero attached hydrogens (tertiary/aromatic N) is 2. The third-order valence-electron chi connectivity index (χ3n) is 2.31. The van der Waals surface area contributed by atoms with Gasteiger partial charge < -0.3 is 16.2 Å². The van der Waals surface area contributed by atoms with E-state index in [1.807, 2.05) is 30.3 Å². The highest BCUT2D eigenvalue weighted by atomic mass is 16.3. The molecule has 0 fully saturated rings. The van der Waals surface area contributed by atoms with Crippen LogP contribution < -0.4 is 11.1 Å². The van der Waals surface area contributed by atoms with E-state index in [0.717, 1.165) is 5.56 Å². The number of anilines is 2. The van der Waals surface area contributed by atoms with Crippen molar-refractivity contribution in [1.29, 1.82) is 0 Å². The average Bonchev–Trinajstić information content (AvgIpc) is 2.37. The molecule has 0 aliphatic heterocycles. The van der Waals surface area contributed by atoms with E-state index in [4.69, 9.17) is 5.73 Å². The van der Waals surface area contributed by atoms with Crippen LogP contribution in [0, 0.1) is 0 Å². The molecule has 0 amide bonds. The monoisotopic (exact) mass is 230 g/mol. The highest BCUT2D eigenvalue weighted by Crippen LogP contribution is 2.12. The molecule has 1 atom stereocenters. The van der Waals surface area contributed by atoms with Gasteiger partial charge in [-0.1, -0.05) is 30.3 Å². The van der Waals surface area contributed by atoms with Crippen LogP contribution in [0.5, 0.6) is 0 Å². The van der Waals surface area contributed by atoms with Crippen LogP contribution in [0.2, 0.25) is 0 Å². The number of aliphatic hydroxyl groups is 1. The van der Waals surface area contributed by atoms with Crippen molar-refractivity contribution in [3.63, 3.8) is 0 Å². The first kappa shape index (κ1) is 11.3. The fourth-order valence-electron chi connectivity index (χ4n) is 1.44. The Balaban J connectivity index is 1.95. The van der Waals surface area contributed by atoms with E-state index in [0.29, 0.717) is 18.3 Å². The van der Waals surface area contributed by atoms with E-state index in [2.05, 4.69) is 15.3 Å². The maximum Gasteiger partial charge on any atom is 0.224 e. The number of hydrogen-bond acceptors (Lipinski definition) is 5. The largest absolute Gasteiger partial charge is 0.387 e. The normalized spacial score (nSPS) is 12.1. The molecule has 4 N–H and O–H groups in total. The molecule has 0 aliphatic rings. The van der Waals surface area contributed by atoms with Crippen molar-refractivity contribution < 1.29 is 5.11 Å². The summed E-state index contributed by atoms with van der Waals surface area (Å²) in [5.74, 6) is 0.816. The van der Waals surface area contributed by atoms with Gasteiger partial charge in [-0.3, -0.25) is 0 Å². The quantitative estimate of drug-likeness (QED) is 0.735. The molecule has 1 unspecified atom stereocenters. The maximum absolute atomic E-state index is 9.90. The zero-order valence-corrected chi connectivity index (χ0v) is 9.24. The van der Waals surface area contributed by atoms with Gasteiger partial charge in [0, 0.05) is 12.7 Å². The van der Waals surface area contributed by atoms with Gasteiger partial charge in [0.05, 0.1) is 6.10 Å². The van der Waals surface area contributed by atoms with Crippen LogP contribution in [0.4, 0.5) is 11.8 Å². The van der Waals surface area contributed by atoms with Crippen molar-refractivity contribution >= 4 is 11.8 Å². The van der Waals surface area contributed by atoms with Crippen LogP contribution in [0.25, 0.3) is 0 Å². The molecule has 1 heterocycles. The van der Waals surface area contributed by atoms with Crippen LogP contribution in [0.1, 0.15) is 11.7 Å². The molecule has 0 spiro atoms. The molecule has 5 nitrogen and oxygen atoms in total. The Bertz CT molecular complexity index is 475. The molecule has 5 heteroatoms. The van der Waals surface area contributed by atoms with Gasteiger partial charge in [-0.2, -0.15) is 4.98 Å². The summed E-state index contributed by atoms with van der Waals surface area (Å²) in [6.07, 6.45) is 0.973. The fraction of sp³-hybridized carbons (Fsp3) is 0.167. The van der Waals surface area contributed by atoms with Crippen molar-refractivity contribution in [2.45, 2.75) is 6.10 Å². The van der Waals surface area contributed by atoms with Gasteiger partial charge >= 0.3 is 0 Å². The predicted octanol–water partition coefficient (Wildman–Crippen LogP) is 1.20. The summed E-state index contributed by atoms with van der Waals surface area (Å²) in [5, 5.41) is 12.8. The minimum absolute atomic E-state index is 0.341. The average molecular weight is 230 g/mol. The second-order valence-electron chi connectivity index (χ2n) is 3.61. The van der Waals surface area contributed by atoms with Gasteiger partial charge in [0.25, 0.3) is 0 Å². The number of nitrogens with one attached hydrogen (secondary N) is 1. The van der Waals surface area contributed by atoms with Crippen LogP contribution in [0.15, 0.2) is 42.6 Å². The van der Waals surface area contributed by atoms with Crippen molar-refractivity contribution in [2.75, 3.05) is 17.6 Å². The molecule has 0 aliphatic carbocycles. The molecule has 17 heavy (non-hydrogen) atoms. The van der Waals surface area contributed by atoms with Gasteiger partial charge in [-0.15, -0.1) is 0 Å². The summed E-state index contributed by atoms with van der Waals surface area (Å²) in [6.45, 7) is 0.341. The Morgan fingerprint density at radius 3 is 2.71 bits per heavy atom. The topological polar surface area (TPSA) is 84.1 Å². The zero-order chi connectivity index (χ0) is 12.1. The minimum atomic E-state index is -0.596. The van der Waals surface area contributed by atoms with Gasteiger partial charge in [0.2, 0.25) is 5.95 Å². The lowest BCUT2D eigenvalue weighted by Gasteiger charge is -2.11. The fourth-order valence-corrected chi connectivity index (χ4v) is 1.44. The van der Waals surface area contributed by atoms with Crippen molar-refractivity contribution in [3.05, 3.63) is 48.2 Å². The molecular formula is C12H14N4O. The molecule has 0 saturated carbocycles. The highest BCUT2D eigenvalue weighted by Gasteiger charge is 2.06. The van der Waals surface area contributed by atoms with Crippen LogP contribution >= 0.6 is 0 Å². The van der Waals surface area contributed by atoms with E-state index in [9.17, 15) is 5.11 Å². The Hall–Kier alpha value is -2.14. The molecule has 0 radical (unpaired) electrons. The van der Waals surface area contributed by atoms with Crippen LogP contribution in [-0.2, 0) is 0 Å². The third-order valence-corrected chi connectivity index (χ3v) is 2.31. The summed E-state index contributed by atoms with van der Waals surface area (Å²) in [4.78, 5) is 7.98. The summed E-state index contributed by atoms with van der Waals surface area (Å²) in [5.41, 5.74) is 6.37. The molecule has 0 saturated heterocycles. The first-order valence-corrected chi connectivity index (χ1v) is 5.31. The van der Waals surface area contributed by atoms with E-state index in [1.165, 1.54) is 0 Å². The number of rotatable bonds is 4. The maximum atomic E-state index is 9.90. The number of aromatic nitrogens is 2. The Morgan fingerprint density at radius 2 is 2.00 bits per heavy atom. The van der Waals surface area contributed by atoms with Crippen molar-refractivity contribution in [3.8, 4) is 0 Å². The summed E-state index contributed by atoms with van der Waals surface area (Å²) in [6, 6.07) is 11.0. The van der Waals surface area contributed by atoms with Crippen molar-refractivity contribution in [2.24, 2.45) is 0 Å². The molecule has 2 aromatic rings. The van der Waals surface area contributed by atoms with Crippen LogP contribution in [-0.4, -0.2) is 21.6 Å². The summed E-state index contributed by atoms with van der Waals surface area (Å²) in [7, 11) is 0. The number of nitrogens with two attached hydrogens (primary N) is 1. The van der Waals surface area contributed by atoms with E-state index in [-0.39, 0.29) is 0 Å². The SMILES string of the molecule is Nc1ccnc(NCC(O)c2ccccc2)n1. The van der Waals surface area contributed by atoms with Gasteiger partial charge in [0.1, 0.15) is 5.82 Å². The summed E-state index contributed by atoms with van der Waals surface area (Å²) < 4.78 is 0. The Labute approximate surface area is 99.3 Å². The minimum Gasteiger partial charge on any atom is -0.387 e. The Kier molecular flexibility index (Phi) is 3.52. The van der Waals surface area contributed by atoms with Gasteiger partial charge in [-0.05, 0) is 11.6 Å². The number of aliphatic hydroxyl groups excluding tert-OH is 1. The van der Waals surface area contributed by atoms with E-state index >= 15 is 0 Å². The first-order valence-electron chi connectivity index (χ1n) is 5.31. The van der Waals surface area contributed by atoms with Crippen molar-refractivity contribution in [1.82, 2.24) is 9.97 Å². The molecular weight excluding hydrogens is 216 g/mol. The van der Waals surface area contributed by atoms with Crippen LogP contribution in [0.3, 0.4) is 0 Å². The predicted molar refractivity (Wildman–Crippen MR) is 66.3 cm³/mol. The third kappa shape index (κ3) is 3.15. The molecule has 0 bridgehead atoms. The van der Waals surface area contributed by atoms with Gasteiger partial charge in [-0.25, -0.2) is 4.98 Å².